The van der Waals surface area contributed by atoms with E-state index in [1.54, 1.807) is 0 Å². The van der Waals surface area contributed by atoms with Gasteiger partial charge in [0, 0.05) is 50.0 Å². The Kier molecular flexibility index (Phi) is 8.15. The molecule has 0 radical (unpaired) electrons. The van der Waals surface area contributed by atoms with Crippen LogP contribution in [0.25, 0.3) is 127 Å². The molecule has 64 heavy (non-hydrogen) atoms. The lowest BCUT2D eigenvalue weighted by Crippen LogP contribution is -2.00. The fourth-order valence-corrected chi connectivity index (χ4v) is 9.79. The predicted molar refractivity (Wildman–Crippen MR) is 264 cm³/mol. The van der Waals surface area contributed by atoms with Gasteiger partial charge in [0.25, 0.3) is 0 Å². The number of nitrogens with zero attached hydrogens (tertiary/aromatic N) is 4. The monoisotopic (exact) mass is 816 g/mol. The minimum Gasteiger partial charge on any atom is -0.456 e. The van der Waals surface area contributed by atoms with Gasteiger partial charge in [-0.25, -0.2) is 15.0 Å². The molecular weight excluding hydrogens is 781 g/mol. The number of aromatic nitrogens is 4. The van der Waals surface area contributed by atoms with Gasteiger partial charge in [-0.1, -0.05) is 182 Å². The van der Waals surface area contributed by atoms with Crippen molar-refractivity contribution < 1.29 is 4.42 Å². The Morgan fingerprint density at radius 2 is 0.750 bits per heavy atom. The molecule has 298 valence electrons. The zero-order valence-corrected chi connectivity index (χ0v) is 34.5. The molecule has 10 aromatic carbocycles. The van der Waals surface area contributed by atoms with Gasteiger partial charge in [0.2, 0.25) is 0 Å². The molecule has 0 atom stereocenters. The summed E-state index contributed by atoms with van der Waals surface area (Å²) in [6.07, 6.45) is 0. The van der Waals surface area contributed by atoms with Crippen LogP contribution in [0.2, 0.25) is 0 Å². The Balaban J connectivity index is 1.10. The molecule has 0 unspecified atom stereocenters. The Labute approximate surface area is 368 Å². The summed E-state index contributed by atoms with van der Waals surface area (Å²) in [5.74, 6) is 1.83. The van der Waals surface area contributed by atoms with Gasteiger partial charge in [-0.2, -0.15) is 0 Å². The van der Waals surface area contributed by atoms with Crippen LogP contribution < -0.4 is 0 Å². The standard InChI is InChI=1S/C59H36N4O/c1-5-18-37(19-6-1)48-35-50-55(44-28-15-13-26-42(44)48)56-45-29-16-14-27-43(45)49(38-20-7-2-8-21-38)36-51(56)63(50)41-32-33-46-53(34-41)64-52-31-17-30-47(54(46)52)59-61-57(39-22-9-3-10-23-39)60-58(62-59)40-24-11-4-12-25-40/h1-36H. The van der Waals surface area contributed by atoms with E-state index in [2.05, 4.69) is 150 Å². The lowest BCUT2D eigenvalue weighted by molar-refractivity contribution is 0.668. The zero-order valence-electron chi connectivity index (χ0n) is 34.5. The van der Waals surface area contributed by atoms with Gasteiger partial charge in [0.1, 0.15) is 11.2 Å². The van der Waals surface area contributed by atoms with Crippen LogP contribution in [0.1, 0.15) is 0 Å². The van der Waals surface area contributed by atoms with E-state index < -0.39 is 0 Å². The highest BCUT2D eigenvalue weighted by molar-refractivity contribution is 6.31. The van der Waals surface area contributed by atoms with Crippen molar-refractivity contribution in [2.45, 2.75) is 0 Å². The van der Waals surface area contributed by atoms with Crippen LogP contribution in [0.15, 0.2) is 223 Å². The molecule has 0 aliphatic heterocycles. The Morgan fingerprint density at radius 3 is 1.27 bits per heavy atom. The normalized spacial score (nSPS) is 11.8. The largest absolute Gasteiger partial charge is 0.456 e. The SMILES string of the molecule is c1ccc(-c2nc(-c3ccccc3)nc(-c3cccc4oc5cc(-n6c7cc(-c8ccccc8)c8ccccc8c7c7c8ccccc8c(-c8ccccc8)cc76)ccc5c34)n2)cc1. The van der Waals surface area contributed by atoms with Gasteiger partial charge >= 0.3 is 0 Å². The summed E-state index contributed by atoms with van der Waals surface area (Å²) < 4.78 is 9.29. The molecule has 0 fully saturated rings. The van der Waals surface area contributed by atoms with E-state index in [1.165, 1.54) is 54.6 Å². The highest BCUT2D eigenvalue weighted by atomic mass is 16.3. The molecule has 3 heterocycles. The fourth-order valence-electron chi connectivity index (χ4n) is 9.79. The van der Waals surface area contributed by atoms with E-state index in [9.17, 15) is 0 Å². The highest BCUT2D eigenvalue weighted by Crippen LogP contribution is 2.47. The van der Waals surface area contributed by atoms with E-state index >= 15 is 0 Å². The molecule has 0 spiro atoms. The van der Waals surface area contributed by atoms with E-state index in [0.717, 1.165) is 55.3 Å². The van der Waals surface area contributed by atoms with Crippen molar-refractivity contribution in [1.82, 2.24) is 19.5 Å². The van der Waals surface area contributed by atoms with E-state index in [4.69, 9.17) is 19.4 Å². The van der Waals surface area contributed by atoms with Gasteiger partial charge in [-0.05, 0) is 74.1 Å². The number of rotatable bonds is 6. The van der Waals surface area contributed by atoms with Crippen molar-refractivity contribution >= 4 is 65.3 Å². The molecule has 13 aromatic rings. The molecule has 5 heteroatoms. The van der Waals surface area contributed by atoms with Crippen LogP contribution in [0.5, 0.6) is 0 Å². The van der Waals surface area contributed by atoms with Crippen LogP contribution in [-0.4, -0.2) is 19.5 Å². The molecule has 13 rings (SSSR count). The first-order valence-corrected chi connectivity index (χ1v) is 21.6. The van der Waals surface area contributed by atoms with Crippen molar-refractivity contribution in [3.8, 4) is 62.1 Å². The van der Waals surface area contributed by atoms with Crippen LogP contribution in [0.4, 0.5) is 0 Å². The van der Waals surface area contributed by atoms with Crippen molar-refractivity contribution in [3.05, 3.63) is 218 Å². The maximum absolute atomic E-state index is 6.85. The second-order valence-corrected chi connectivity index (χ2v) is 16.3. The van der Waals surface area contributed by atoms with E-state index in [0.29, 0.717) is 17.5 Å². The summed E-state index contributed by atoms with van der Waals surface area (Å²) in [4.78, 5) is 15.2. The molecule has 5 nitrogen and oxygen atoms in total. The molecule has 0 N–H and O–H groups in total. The smallest absolute Gasteiger partial charge is 0.164 e. The Bertz CT molecular complexity index is 3740. The van der Waals surface area contributed by atoms with Crippen molar-refractivity contribution in [3.63, 3.8) is 0 Å². The maximum Gasteiger partial charge on any atom is 0.164 e. The molecule has 0 saturated carbocycles. The maximum atomic E-state index is 6.85. The summed E-state index contributed by atoms with van der Waals surface area (Å²) >= 11 is 0. The van der Waals surface area contributed by atoms with Crippen molar-refractivity contribution in [2.24, 2.45) is 0 Å². The Morgan fingerprint density at radius 1 is 0.297 bits per heavy atom. The van der Waals surface area contributed by atoms with E-state index in [-0.39, 0.29) is 0 Å². The fraction of sp³-hybridized carbons (Fsp3) is 0. The third-order valence-corrected chi connectivity index (χ3v) is 12.6. The van der Waals surface area contributed by atoms with Crippen molar-refractivity contribution in [2.75, 3.05) is 0 Å². The molecule has 0 amide bonds. The molecular formula is C59H36N4O. The predicted octanol–water partition coefficient (Wildman–Crippen LogP) is 15.5. The number of hydrogen-bond donors (Lipinski definition) is 0. The Hall–Kier alpha value is -8.67. The number of hydrogen-bond acceptors (Lipinski definition) is 4. The quantitative estimate of drug-likeness (QED) is 0.168. The summed E-state index contributed by atoms with van der Waals surface area (Å²) in [5.41, 5.74) is 12.3. The number of furan rings is 1. The minimum absolute atomic E-state index is 0.591. The average molecular weight is 817 g/mol. The molecule has 0 bridgehead atoms. The van der Waals surface area contributed by atoms with Gasteiger partial charge < -0.3 is 8.98 Å². The first kappa shape index (κ1) is 36.0. The van der Waals surface area contributed by atoms with Crippen LogP contribution >= 0.6 is 0 Å². The lowest BCUT2D eigenvalue weighted by Gasteiger charge is -2.13. The lowest BCUT2D eigenvalue weighted by atomic mass is 9.92. The number of fused-ring (bicyclic) bond motifs is 10. The average Bonchev–Trinajstić information content (AvgIpc) is 3.92. The zero-order chi connectivity index (χ0) is 42.1. The minimum atomic E-state index is 0.591. The topological polar surface area (TPSA) is 56.7 Å². The van der Waals surface area contributed by atoms with Gasteiger partial charge in [-0.3, -0.25) is 0 Å². The number of benzene rings is 10. The van der Waals surface area contributed by atoms with Crippen LogP contribution in [-0.2, 0) is 0 Å². The van der Waals surface area contributed by atoms with Gasteiger partial charge in [-0.15, -0.1) is 0 Å². The first-order chi connectivity index (χ1) is 31.7. The third-order valence-electron chi connectivity index (χ3n) is 12.6. The van der Waals surface area contributed by atoms with Gasteiger partial charge in [0.15, 0.2) is 17.5 Å². The molecule has 0 saturated heterocycles. The second-order valence-electron chi connectivity index (χ2n) is 16.3. The summed E-state index contributed by atoms with van der Waals surface area (Å²) in [7, 11) is 0. The van der Waals surface area contributed by atoms with E-state index in [1.807, 2.05) is 72.8 Å². The van der Waals surface area contributed by atoms with Crippen molar-refractivity contribution in [1.29, 1.82) is 0 Å². The summed E-state index contributed by atoms with van der Waals surface area (Å²) in [6, 6.07) is 76.9. The third kappa shape index (κ3) is 5.68. The molecule has 3 aromatic heterocycles. The molecule has 0 aliphatic rings. The first-order valence-electron chi connectivity index (χ1n) is 21.6. The summed E-state index contributed by atoms with van der Waals surface area (Å²) in [6.45, 7) is 0. The van der Waals surface area contributed by atoms with Crippen LogP contribution in [0.3, 0.4) is 0 Å². The molecule has 0 aliphatic carbocycles. The summed E-state index contributed by atoms with van der Waals surface area (Å²) in [5, 5.41) is 9.29. The second kappa shape index (κ2) is 14.5. The van der Waals surface area contributed by atoms with Crippen LogP contribution in [0, 0.1) is 0 Å². The van der Waals surface area contributed by atoms with Gasteiger partial charge in [0.05, 0.1) is 11.0 Å². The highest BCUT2D eigenvalue weighted by Gasteiger charge is 2.23.